The summed E-state index contributed by atoms with van der Waals surface area (Å²) < 4.78 is 0. The van der Waals surface area contributed by atoms with E-state index in [1.165, 1.54) is 0 Å². The van der Waals surface area contributed by atoms with Crippen molar-refractivity contribution in [1.29, 1.82) is 0 Å². The molecule has 6 nitrogen and oxygen atoms in total. The zero-order valence-electron chi connectivity index (χ0n) is 21.5. The number of hydrogen-bond acceptors (Lipinski definition) is 4. The minimum atomic E-state index is -0.485. The standard InChI is InChI=1S/C30H35ClN4O2/c1-21(2)20-35-27(15-12-22-9-5-3-6-10-22)29(30(35)37)34-28(36)11-7-4-8-17-32-25-16-18-33-26-19-23(31)13-14-24(25)26/h3,5-6,9-10,12-16,18-19,21,27,29H,4,7-8,11,17,20H2,1-2H3,(H,32,33)(H,34,36)/b15-12+/t27-,29+/m0/s1. The maximum Gasteiger partial charge on any atom is 0.248 e. The maximum atomic E-state index is 12.8. The van der Waals surface area contributed by atoms with Crippen LogP contribution in [0.1, 0.15) is 45.1 Å². The van der Waals surface area contributed by atoms with E-state index in [1.54, 1.807) is 6.20 Å². The number of carbonyl (C=O) groups excluding carboxylic acids is 2. The molecule has 2 atom stereocenters. The molecule has 0 spiro atoms. The largest absolute Gasteiger partial charge is 0.384 e. The second-order valence-corrected chi connectivity index (χ2v) is 10.4. The molecule has 0 unspecified atom stereocenters. The molecule has 1 aliphatic heterocycles. The van der Waals surface area contributed by atoms with E-state index in [-0.39, 0.29) is 17.9 Å². The fourth-order valence-corrected chi connectivity index (χ4v) is 4.81. The van der Waals surface area contributed by atoms with Gasteiger partial charge in [-0.3, -0.25) is 14.6 Å². The third kappa shape index (κ3) is 7.10. The van der Waals surface area contributed by atoms with Crippen LogP contribution in [-0.2, 0) is 9.59 Å². The molecular formula is C30H35ClN4O2. The summed E-state index contributed by atoms with van der Waals surface area (Å²) >= 11 is 6.07. The monoisotopic (exact) mass is 518 g/mol. The van der Waals surface area contributed by atoms with Crippen molar-refractivity contribution in [2.24, 2.45) is 5.92 Å². The summed E-state index contributed by atoms with van der Waals surface area (Å²) in [4.78, 5) is 31.6. The van der Waals surface area contributed by atoms with Gasteiger partial charge in [-0.15, -0.1) is 0 Å². The number of anilines is 1. The number of carbonyl (C=O) groups is 2. The van der Waals surface area contributed by atoms with Crippen LogP contribution >= 0.6 is 11.6 Å². The molecule has 0 saturated carbocycles. The molecule has 1 fully saturated rings. The minimum Gasteiger partial charge on any atom is -0.384 e. The van der Waals surface area contributed by atoms with Gasteiger partial charge >= 0.3 is 0 Å². The number of nitrogens with one attached hydrogen (secondary N) is 2. The molecule has 0 aliphatic carbocycles. The molecule has 7 heteroatoms. The number of hydrogen-bond donors (Lipinski definition) is 2. The Morgan fingerprint density at radius 2 is 1.92 bits per heavy atom. The third-order valence-electron chi connectivity index (χ3n) is 6.52. The molecule has 2 heterocycles. The average molecular weight is 519 g/mol. The number of rotatable bonds is 12. The first-order valence-corrected chi connectivity index (χ1v) is 13.4. The lowest BCUT2D eigenvalue weighted by Crippen LogP contribution is -2.70. The van der Waals surface area contributed by atoms with E-state index in [2.05, 4.69) is 29.5 Å². The van der Waals surface area contributed by atoms with Crippen molar-refractivity contribution in [3.8, 4) is 0 Å². The molecule has 37 heavy (non-hydrogen) atoms. The number of β-lactam (4-membered cyclic amide) rings is 1. The molecule has 1 aromatic heterocycles. The number of pyridine rings is 1. The van der Waals surface area contributed by atoms with Crippen molar-refractivity contribution in [2.75, 3.05) is 18.4 Å². The molecule has 2 N–H and O–H groups in total. The Labute approximate surface area is 224 Å². The molecule has 1 saturated heterocycles. The Hall–Kier alpha value is -3.38. The van der Waals surface area contributed by atoms with Crippen molar-refractivity contribution in [1.82, 2.24) is 15.2 Å². The third-order valence-corrected chi connectivity index (χ3v) is 6.75. The normalized spacial score (nSPS) is 17.4. The Balaban J connectivity index is 1.22. The van der Waals surface area contributed by atoms with E-state index >= 15 is 0 Å². The van der Waals surface area contributed by atoms with Crippen LogP contribution in [-0.4, -0.2) is 46.9 Å². The predicted molar refractivity (Wildman–Crippen MR) is 151 cm³/mol. The number of unbranched alkanes of at least 4 members (excludes halogenated alkanes) is 2. The highest BCUT2D eigenvalue weighted by Crippen LogP contribution is 2.25. The molecule has 0 radical (unpaired) electrons. The van der Waals surface area contributed by atoms with E-state index in [9.17, 15) is 9.59 Å². The van der Waals surface area contributed by atoms with Crippen molar-refractivity contribution >= 4 is 46.1 Å². The summed E-state index contributed by atoms with van der Waals surface area (Å²) in [6.07, 6.45) is 8.89. The van der Waals surface area contributed by atoms with E-state index in [4.69, 9.17) is 11.6 Å². The van der Waals surface area contributed by atoms with Gasteiger partial charge in [0, 0.05) is 41.8 Å². The van der Waals surface area contributed by atoms with Gasteiger partial charge in [-0.1, -0.05) is 74.4 Å². The highest BCUT2D eigenvalue weighted by atomic mass is 35.5. The van der Waals surface area contributed by atoms with Gasteiger partial charge in [0.2, 0.25) is 11.8 Å². The lowest BCUT2D eigenvalue weighted by Gasteiger charge is -2.46. The van der Waals surface area contributed by atoms with Gasteiger partial charge < -0.3 is 15.5 Å². The SMILES string of the molecule is CC(C)CN1C(=O)[C@H](NC(=O)CCCCCNc2ccnc3cc(Cl)ccc23)[C@@H]1/C=C/c1ccccc1. The number of nitrogens with zero attached hydrogens (tertiary/aromatic N) is 2. The molecule has 194 valence electrons. The fourth-order valence-electron chi connectivity index (χ4n) is 4.64. The van der Waals surface area contributed by atoms with Crippen LogP contribution in [0.15, 0.2) is 66.9 Å². The van der Waals surface area contributed by atoms with Gasteiger partial charge in [-0.2, -0.15) is 0 Å². The number of halogens is 1. The first-order valence-electron chi connectivity index (χ1n) is 13.0. The highest BCUT2D eigenvalue weighted by molar-refractivity contribution is 6.31. The van der Waals surface area contributed by atoms with Gasteiger partial charge in [0.25, 0.3) is 0 Å². The second kappa shape index (κ2) is 12.7. The van der Waals surface area contributed by atoms with Gasteiger partial charge in [0.1, 0.15) is 6.04 Å². The smallest absolute Gasteiger partial charge is 0.248 e. The molecule has 2 aromatic carbocycles. The van der Waals surface area contributed by atoms with Crippen molar-refractivity contribution in [3.05, 3.63) is 77.5 Å². The lowest BCUT2D eigenvalue weighted by molar-refractivity contribution is -0.151. The molecule has 1 aliphatic rings. The number of benzene rings is 2. The van der Waals surface area contributed by atoms with E-state index in [1.807, 2.05) is 71.6 Å². The van der Waals surface area contributed by atoms with Gasteiger partial charge in [-0.25, -0.2) is 0 Å². The summed E-state index contributed by atoms with van der Waals surface area (Å²) in [6.45, 7) is 5.68. The van der Waals surface area contributed by atoms with Crippen molar-refractivity contribution in [2.45, 2.75) is 51.6 Å². The maximum absolute atomic E-state index is 12.8. The van der Waals surface area contributed by atoms with Crippen LogP contribution in [0.5, 0.6) is 0 Å². The average Bonchev–Trinajstić information content (AvgIpc) is 2.89. The van der Waals surface area contributed by atoms with Crippen LogP contribution in [0.2, 0.25) is 5.02 Å². The quantitative estimate of drug-likeness (QED) is 0.230. The van der Waals surface area contributed by atoms with Crippen LogP contribution in [0.3, 0.4) is 0 Å². The molecule has 0 bridgehead atoms. The van der Waals surface area contributed by atoms with Crippen molar-refractivity contribution < 1.29 is 9.59 Å². The zero-order valence-corrected chi connectivity index (χ0v) is 22.2. The van der Waals surface area contributed by atoms with Crippen LogP contribution in [0.25, 0.3) is 17.0 Å². The Morgan fingerprint density at radius 3 is 2.70 bits per heavy atom. The number of amides is 2. The summed E-state index contributed by atoms with van der Waals surface area (Å²) in [5.74, 6) is 0.301. The summed E-state index contributed by atoms with van der Waals surface area (Å²) in [5.41, 5.74) is 2.97. The van der Waals surface area contributed by atoms with Gasteiger partial charge in [0.15, 0.2) is 0 Å². The fraction of sp³-hybridized carbons (Fsp3) is 0.367. The summed E-state index contributed by atoms with van der Waals surface area (Å²) in [6, 6.07) is 17.1. The molecular weight excluding hydrogens is 484 g/mol. The minimum absolute atomic E-state index is 0.000161. The predicted octanol–water partition coefficient (Wildman–Crippen LogP) is 5.93. The van der Waals surface area contributed by atoms with Crippen LogP contribution in [0.4, 0.5) is 5.69 Å². The summed E-state index contributed by atoms with van der Waals surface area (Å²) in [5, 5.41) is 8.16. The molecule has 4 rings (SSSR count). The highest BCUT2D eigenvalue weighted by Gasteiger charge is 2.46. The zero-order chi connectivity index (χ0) is 26.2. The van der Waals surface area contributed by atoms with E-state index in [0.717, 1.165) is 48.0 Å². The van der Waals surface area contributed by atoms with E-state index in [0.29, 0.717) is 23.9 Å². The first-order chi connectivity index (χ1) is 17.9. The van der Waals surface area contributed by atoms with Crippen molar-refractivity contribution in [3.63, 3.8) is 0 Å². The summed E-state index contributed by atoms with van der Waals surface area (Å²) in [7, 11) is 0. The number of fused-ring (bicyclic) bond motifs is 1. The van der Waals surface area contributed by atoms with Crippen LogP contribution < -0.4 is 10.6 Å². The van der Waals surface area contributed by atoms with Crippen LogP contribution in [0, 0.1) is 5.92 Å². The number of aromatic nitrogens is 1. The topological polar surface area (TPSA) is 74.3 Å². The Morgan fingerprint density at radius 1 is 1.11 bits per heavy atom. The van der Waals surface area contributed by atoms with E-state index < -0.39 is 6.04 Å². The lowest BCUT2D eigenvalue weighted by atomic mass is 9.92. The Kier molecular flexibility index (Phi) is 9.18. The Bertz CT molecular complexity index is 1240. The molecule has 2 amide bonds. The van der Waals surface area contributed by atoms with Gasteiger partial charge in [-0.05, 0) is 48.6 Å². The molecule has 3 aromatic rings. The first kappa shape index (κ1) is 26.7. The number of likely N-dealkylation sites (tertiary alicyclic amines) is 1. The second-order valence-electron chi connectivity index (χ2n) is 9.95. The van der Waals surface area contributed by atoms with Gasteiger partial charge in [0.05, 0.1) is 11.6 Å².